The molecule has 0 saturated carbocycles. The Balaban J connectivity index is 1.62. The first-order chi connectivity index (χ1) is 11.7. The Morgan fingerprint density at radius 3 is 2.71 bits per heavy atom. The summed E-state index contributed by atoms with van der Waals surface area (Å²) >= 11 is 1.57. The number of benzene rings is 2. The van der Waals surface area contributed by atoms with Gasteiger partial charge in [0.25, 0.3) is 0 Å². The average Bonchev–Trinajstić information content (AvgIpc) is 2.62. The molecule has 126 valence electrons. The third-order valence-electron chi connectivity index (χ3n) is 4.43. The van der Waals surface area contributed by atoms with E-state index < -0.39 is 0 Å². The van der Waals surface area contributed by atoms with Gasteiger partial charge in [-0.05, 0) is 61.6 Å². The first-order valence-corrected chi connectivity index (χ1v) is 9.24. The van der Waals surface area contributed by atoms with Crippen molar-refractivity contribution in [3.63, 3.8) is 0 Å². The Labute approximate surface area is 147 Å². The van der Waals surface area contributed by atoms with E-state index in [0.717, 1.165) is 29.9 Å². The monoisotopic (exact) mass is 341 g/mol. The van der Waals surface area contributed by atoms with Crippen molar-refractivity contribution in [3.05, 3.63) is 59.7 Å². The van der Waals surface area contributed by atoms with Gasteiger partial charge in [-0.15, -0.1) is 11.8 Å². The lowest BCUT2D eigenvalue weighted by atomic mass is 9.88. The van der Waals surface area contributed by atoms with Gasteiger partial charge in [0.2, 0.25) is 5.91 Å². The number of nitrogens with one attached hydrogen (secondary N) is 1. The maximum Gasteiger partial charge on any atom is 0.233 e. The smallest absolute Gasteiger partial charge is 0.233 e. The van der Waals surface area contributed by atoms with Gasteiger partial charge in [-0.25, -0.2) is 0 Å². The first-order valence-electron chi connectivity index (χ1n) is 8.36. The normalized spacial score (nSPS) is 17.7. The fourth-order valence-electron chi connectivity index (χ4n) is 3.10. The minimum atomic E-state index is -0.132. The molecule has 2 aromatic rings. The molecule has 2 aromatic carbocycles. The van der Waals surface area contributed by atoms with Crippen LogP contribution in [0, 0.1) is 0 Å². The van der Waals surface area contributed by atoms with Crippen LogP contribution in [0.1, 0.15) is 36.9 Å². The molecule has 1 amide bonds. The highest BCUT2D eigenvalue weighted by molar-refractivity contribution is 8.00. The van der Waals surface area contributed by atoms with E-state index in [1.165, 1.54) is 11.1 Å². The maximum atomic E-state index is 12.6. The minimum absolute atomic E-state index is 0.0949. The first kappa shape index (κ1) is 16.9. The molecule has 0 bridgehead atoms. The largest absolute Gasteiger partial charge is 0.497 e. The second-order valence-corrected chi connectivity index (χ2v) is 7.50. The molecule has 3 nitrogen and oxygen atoms in total. The Morgan fingerprint density at radius 1 is 1.21 bits per heavy atom. The van der Waals surface area contributed by atoms with Gasteiger partial charge in [-0.1, -0.05) is 24.3 Å². The van der Waals surface area contributed by atoms with Crippen LogP contribution in [0.5, 0.6) is 5.75 Å². The molecule has 1 aliphatic rings. The molecule has 0 spiro atoms. The van der Waals surface area contributed by atoms with Gasteiger partial charge in [0.1, 0.15) is 5.75 Å². The van der Waals surface area contributed by atoms with Crippen LogP contribution in [0.15, 0.2) is 53.4 Å². The topological polar surface area (TPSA) is 38.3 Å². The molecule has 1 aliphatic carbocycles. The van der Waals surface area contributed by atoms with Gasteiger partial charge >= 0.3 is 0 Å². The molecular formula is C20H23NO2S. The molecule has 2 atom stereocenters. The lowest BCUT2D eigenvalue weighted by molar-refractivity contribution is -0.121. The molecule has 0 saturated heterocycles. The molecule has 0 radical (unpaired) electrons. The molecule has 3 rings (SSSR count). The van der Waals surface area contributed by atoms with E-state index in [0.29, 0.717) is 0 Å². The van der Waals surface area contributed by atoms with Crippen LogP contribution in [0.4, 0.5) is 0 Å². The van der Waals surface area contributed by atoms with Crippen molar-refractivity contribution >= 4 is 17.7 Å². The number of fused-ring (bicyclic) bond motifs is 1. The minimum Gasteiger partial charge on any atom is -0.497 e. The van der Waals surface area contributed by atoms with E-state index in [-0.39, 0.29) is 17.2 Å². The van der Waals surface area contributed by atoms with E-state index in [9.17, 15) is 4.79 Å². The molecule has 24 heavy (non-hydrogen) atoms. The van der Waals surface area contributed by atoms with Gasteiger partial charge in [-0.2, -0.15) is 0 Å². The van der Waals surface area contributed by atoms with Crippen LogP contribution in [-0.4, -0.2) is 18.3 Å². The number of amides is 1. The van der Waals surface area contributed by atoms with Crippen LogP contribution in [0.25, 0.3) is 0 Å². The molecule has 0 aliphatic heterocycles. The fraction of sp³-hybridized carbons (Fsp3) is 0.350. The Kier molecular flexibility index (Phi) is 5.46. The van der Waals surface area contributed by atoms with Gasteiger partial charge < -0.3 is 10.1 Å². The summed E-state index contributed by atoms with van der Waals surface area (Å²) in [6, 6.07) is 16.4. The summed E-state index contributed by atoms with van der Waals surface area (Å²) < 4.78 is 5.17. The third kappa shape index (κ3) is 3.93. The Morgan fingerprint density at radius 2 is 1.96 bits per heavy atom. The zero-order valence-corrected chi connectivity index (χ0v) is 14.9. The summed E-state index contributed by atoms with van der Waals surface area (Å²) in [7, 11) is 1.65. The summed E-state index contributed by atoms with van der Waals surface area (Å²) in [5.41, 5.74) is 2.64. The van der Waals surface area contributed by atoms with Crippen molar-refractivity contribution in [1.82, 2.24) is 5.32 Å². The van der Waals surface area contributed by atoms with Crippen molar-refractivity contribution in [3.8, 4) is 5.75 Å². The number of aryl methyl sites for hydroxylation is 1. The summed E-state index contributed by atoms with van der Waals surface area (Å²) in [4.78, 5) is 13.7. The lowest BCUT2D eigenvalue weighted by Gasteiger charge is -2.27. The number of ether oxygens (including phenoxy) is 1. The van der Waals surface area contributed by atoms with Crippen LogP contribution in [-0.2, 0) is 11.2 Å². The van der Waals surface area contributed by atoms with Gasteiger partial charge in [0.15, 0.2) is 0 Å². The summed E-state index contributed by atoms with van der Waals surface area (Å²) in [5.74, 6) is 0.924. The highest BCUT2D eigenvalue weighted by Crippen LogP contribution is 2.31. The Hall–Kier alpha value is -1.94. The van der Waals surface area contributed by atoms with Gasteiger partial charge in [0.05, 0.1) is 18.4 Å². The van der Waals surface area contributed by atoms with Crippen molar-refractivity contribution in [1.29, 1.82) is 0 Å². The Bertz CT molecular complexity index is 699. The number of carbonyl (C=O) groups is 1. The van der Waals surface area contributed by atoms with E-state index in [1.807, 2.05) is 31.2 Å². The summed E-state index contributed by atoms with van der Waals surface area (Å²) in [5, 5.41) is 3.10. The van der Waals surface area contributed by atoms with Crippen LogP contribution in [0.2, 0.25) is 0 Å². The predicted molar refractivity (Wildman–Crippen MR) is 98.6 cm³/mol. The molecule has 0 fully saturated rings. The highest BCUT2D eigenvalue weighted by Gasteiger charge is 2.23. The average molecular weight is 341 g/mol. The molecule has 1 N–H and O–H groups in total. The second kappa shape index (κ2) is 7.75. The lowest BCUT2D eigenvalue weighted by Crippen LogP contribution is -2.35. The van der Waals surface area contributed by atoms with Crippen LogP contribution >= 0.6 is 11.8 Å². The number of rotatable bonds is 5. The quantitative estimate of drug-likeness (QED) is 0.821. The van der Waals surface area contributed by atoms with Gasteiger partial charge in [0, 0.05) is 4.90 Å². The predicted octanol–water partition coefficient (Wildman–Crippen LogP) is 4.37. The highest BCUT2D eigenvalue weighted by atomic mass is 32.2. The van der Waals surface area contributed by atoms with Crippen LogP contribution in [0.3, 0.4) is 0 Å². The zero-order chi connectivity index (χ0) is 16.9. The third-order valence-corrected chi connectivity index (χ3v) is 5.54. The second-order valence-electron chi connectivity index (χ2n) is 6.09. The molecule has 0 aromatic heterocycles. The standard InChI is InChI=1S/C20H23NO2S/c1-14(24-17-12-10-16(23-2)11-13-17)20(22)21-19-9-5-7-15-6-3-4-8-18(15)19/h3-4,6,8,10-14,19H,5,7,9H2,1-2H3,(H,21,22)/t14-,19-/m1/s1. The van der Waals surface area contributed by atoms with E-state index in [2.05, 4.69) is 29.6 Å². The number of thioether (sulfide) groups is 1. The molecule has 4 heteroatoms. The van der Waals surface area contributed by atoms with Crippen molar-refractivity contribution in [2.24, 2.45) is 0 Å². The van der Waals surface area contributed by atoms with Crippen molar-refractivity contribution in [2.45, 2.75) is 42.4 Å². The molecule has 0 heterocycles. The summed E-state index contributed by atoms with van der Waals surface area (Å²) in [6.07, 6.45) is 3.25. The number of methoxy groups -OCH3 is 1. The van der Waals surface area contributed by atoms with Crippen molar-refractivity contribution < 1.29 is 9.53 Å². The fourth-order valence-corrected chi connectivity index (χ4v) is 3.98. The van der Waals surface area contributed by atoms with E-state index >= 15 is 0 Å². The van der Waals surface area contributed by atoms with Crippen LogP contribution < -0.4 is 10.1 Å². The zero-order valence-electron chi connectivity index (χ0n) is 14.1. The number of hydrogen-bond acceptors (Lipinski definition) is 3. The number of carbonyl (C=O) groups excluding carboxylic acids is 1. The SMILES string of the molecule is COc1ccc(S[C@H](C)C(=O)N[C@@H]2CCCc3ccccc32)cc1. The van der Waals surface area contributed by atoms with E-state index in [1.54, 1.807) is 18.9 Å². The maximum absolute atomic E-state index is 12.6. The number of hydrogen-bond donors (Lipinski definition) is 1. The molecular weight excluding hydrogens is 318 g/mol. The summed E-state index contributed by atoms with van der Waals surface area (Å²) in [6.45, 7) is 1.96. The van der Waals surface area contributed by atoms with Crippen molar-refractivity contribution in [2.75, 3.05) is 7.11 Å². The van der Waals surface area contributed by atoms with E-state index in [4.69, 9.17) is 4.74 Å². The van der Waals surface area contributed by atoms with Gasteiger partial charge in [-0.3, -0.25) is 4.79 Å². The molecule has 0 unspecified atom stereocenters.